The van der Waals surface area contributed by atoms with Crippen molar-refractivity contribution in [2.24, 2.45) is 0 Å². The van der Waals surface area contributed by atoms with E-state index in [4.69, 9.17) is 4.74 Å². The van der Waals surface area contributed by atoms with Crippen molar-refractivity contribution in [3.63, 3.8) is 0 Å². The number of aromatic hydroxyl groups is 1. The van der Waals surface area contributed by atoms with Crippen LogP contribution in [0.4, 0.5) is 5.69 Å². The van der Waals surface area contributed by atoms with E-state index in [1.165, 1.54) is 7.11 Å². The lowest BCUT2D eigenvalue weighted by Crippen LogP contribution is -2.24. The van der Waals surface area contributed by atoms with Crippen LogP contribution in [0.5, 0.6) is 11.5 Å². The van der Waals surface area contributed by atoms with Crippen LogP contribution in [0.1, 0.15) is 12.8 Å². The van der Waals surface area contributed by atoms with E-state index in [-0.39, 0.29) is 11.7 Å². The summed E-state index contributed by atoms with van der Waals surface area (Å²) in [7, 11) is 1.50. The lowest BCUT2D eigenvalue weighted by atomic mass is 10.2. The Morgan fingerprint density at radius 2 is 2.27 bits per heavy atom. The average Bonchev–Trinajstić information content (AvgIpc) is 2.64. The highest BCUT2D eigenvalue weighted by Crippen LogP contribution is 2.31. The lowest BCUT2D eigenvalue weighted by Gasteiger charge is -2.05. The molecule has 2 rings (SSSR count). The van der Waals surface area contributed by atoms with Crippen molar-refractivity contribution >= 4 is 11.6 Å². The first-order chi connectivity index (χ1) is 7.22. The van der Waals surface area contributed by atoms with Crippen LogP contribution in [-0.2, 0) is 4.79 Å². The molecular weight excluding hydrogens is 194 g/mol. The third-order valence-electron chi connectivity index (χ3n) is 2.55. The molecule has 1 aromatic carbocycles. The van der Waals surface area contributed by atoms with Crippen LogP contribution in [-0.4, -0.2) is 24.7 Å². The molecule has 1 radical (unpaired) electrons. The fourth-order valence-electron chi connectivity index (χ4n) is 1.77. The smallest absolute Gasteiger partial charge is 0.366 e. The number of carbonyl (C=O) groups excluding carboxylic acids is 1. The Labute approximate surface area is 88.1 Å². The summed E-state index contributed by atoms with van der Waals surface area (Å²) in [4.78, 5) is 13.1. The number of phenolic OH excluding ortho intramolecular Hbond substituents is 1. The molecule has 0 unspecified atom stereocenters. The normalized spacial score (nSPS) is 17.0. The zero-order valence-corrected chi connectivity index (χ0v) is 8.56. The van der Waals surface area contributed by atoms with Gasteiger partial charge in [-0.3, -0.25) is 0 Å². The number of hydrogen-bond acceptors (Lipinski definition) is 3. The van der Waals surface area contributed by atoms with Gasteiger partial charge in [-0.2, -0.15) is 0 Å². The molecule has 1 aromatic rings. The highest BCUT2D eigenvalue weighted by molar-refractivity contribution is 5.86. The van der Waals surface area contributed by atoms with Crippen LogP contribution in [0.3, 0.4) is 0 Å². The van der Waals surface area contributed by atoms with Gasteiger partial charge < -0.3 is 9.84 Å². The van der Waals surface area contributed by atoms with Gasteiger partial charge in [0.1, 0.15) is 6.54 Å². The molecule has 0 atom stereocenters. The Hall–Kier alpha value is -1.55. The van der Waals surface area contributed by atoms with Crippen LogP contribution in [0.25, 0.3) is 0 Å². The average molecular weight is 207 g/mol. The molecule has 1 aliphatic heterocycles. The standard InChI is InChI=1S/C11H13NO3/c1-15-10-5-4-8(7-9(10)13)12-6-2-3-11(12)14/h4-5,7,13H,2-3,6H2,1H3/q+1. The first-order valence-electron chi connectivity index (χ1n) is 4.90. The molecule has 4 nitrogen and oxygen atoms in total. The van der Waals surface area contributed by atoms with E-state index in [0.29, 0.717) is 12.2 Å². The molecule has 0 aliphatic carbocycles. The highest BCUT2D eigenvalue weighted by atomic mass is 16.5. The summed E-state index contributed by atoms with van der Waals surface area (Å²) in [6.07, 6.45) is 1.47. The molecule has 0 saturated carbocycles. The fraction of sp³-hybridized carbons (Fsp3) is 0.364. The summed E-state index contributed by atoms with van der Waals surface area (Å²) in [5.74, 6) is 0.597. The van der Waals surface area contributed by atoms with Crippen LogP contribution in [0, 0.1) is 0 Å². The molecule has 0 aromatic heterocycles. The maximum absolute atomic E-state index is 11.5. The van der Waals surface area contributed by atoms with Gasteiger partial charge in [0, 0.05) is 12.5 Å². The number of nitrogens with zero attached hydrogens (tertiary/aromatic N) is 1. The number of carbonyl (C=O) groups is 1. The molecule has 1 N–H and O–H groups in total. The zero-order chi connectivity index (χ0) is 10.8. The van der Waals surface area contributed by atoms with Gasteiger partial charge in [-0.15, -0.1) is 0 Å². The number of phenols is 1. The zero-order valence-electron chi connectivity index (χ0n) is 8.56. The quantitative estimate of drug-likeness (QED) is 0.747. The first-order valence-corrected chi connectivity index (χ1v) is 4.90. The molecule has 1 heterocycles. The fourth-order valence-corrected chi connectivity index (χ4v) is 1.77. The number of methoxy groups -OCH3 is 1. The van der Waals surface area contributed by atoms with Crippen molar-refractivity contribution in [2.45, 2.75) is 12.8 Å². The van der Waals surface area contributed by atoms with Gasteiger partial charge in [0.25, 0.3) is 0 Å². The number of amides is 1. The van der Waals surface area contributed by atoms with E-state index in [9.17, 15) is 9.90 Å². The van der Waals surface area contributed by atoms with E-state index < -0.39 is 0 Å². The third-order valence-corrected chi connectivity index (χ3v) is 2.55. The van der Waals surface area contributed by atoms with Crippen LogP contribution in [0.15, 0.2) is 18.2 Å². The van der Waals surface area contributed by atoms with Crippen molar-refractivity contribution in [3.05, 3.63) is 18.2 Å². The first kappa shape index (κ1) is 9.98. The van der Waals surface area contributed by atoms with E-state index >= 15 is 0 Å². The van der Waals surface area contributed by atoms with E-state index in [1.807, 2.05) is 0 Å². The molecule has 79 valence electrons. The summed E-state index contributed by atoms with van der Waals surface area (Å²) in [5, 5.41) is 9.57. The van der Waals surface area contributed by atoms with E-state index in [2.05, 4.69) is 0 Å². The largest absolute Gasteiger partial charge is 0.504 e. The molecule has 1 saturated heterocycles. The number of benzene rings is 1. The van der Waals surface area contributed by atoms with Crippen LogP contribution < -0.4 is 9.64 Å². The van der Waals surface area contributed by atoms with Gasteiger partial charge in [0.2, 0.25) is 0 Å². The van der Waals surface area contributed by atoms with Gasteiger partial charge in [0.05, 0.1) is 19.6 Å². The monoisotopic (exact) mass is 207 g/mol. The molecule has 1 fully saturated rings. The second-order valence-electron chi connectivity index (χ2n) is 3.51. The summed E-state index contributed by atoms with van der Waals surface area (Å²) in [6, 6.07) is 5.00. The minimum atomic E-state index is 0.0645. The Bertz CT molecular complexity index is 389. The summed E-state index contributed by atoms with van der Waals surface area (Å²) in [5.41, 5.74) is 0.732. The Morgan fingerprint density at radius 3 is 2.80 bits per heavy atom. The number of anilines is 1. The predicted octanol–water partition coefficient (Wildman–Crippen LogP) is 1.49. The van der Waals surface area contributed by atoms with Gasteiger partial charge in [-0.05, 0) is 6.07 Å². The topological polar surface area (TPSA) is 52.4 Å². The highest BCUT2D eigenvalue weighted by Gasteiger charge is 2.34. The maximum Gasteiger partial charge on any atom is 0.366 e. The van der Waals surface area contributed by atoms with Gasteiger partial charge >= 0.3 is 5.91 Å². The Balaban J connectivity index is 2.29. The van der Waals surface area contributed by atoms with Crippen molar-refractivity contribution in [1.29, 1.82) is 0 Å². The third kappa shape index (κ3) is 1.80. The number of hydrogen-bond donors (Lipinski definition) is 1. The second-order valence-corrected chi connectivity index (χ2v) is 3.51. The van der Waals surface area contributed by atoms with Gasteiger partial charge in [0.15, 0.2) is 17.2 Å². The Morgan fingerprint density at radius 1 is 1.47 bits per heavy atom. The minimum absolute atomic E-state index is 0.0645. The second kappa shape index (κ2) is 3.90. The van der Waals surface area contributed by atoms with E-state index in [0.717, 1.165) is 18.7 Å². The molecule has 1 aliphatic rings. The lowest BCUT2D eigenvalue weighted by molar-refractivity contribution is -0.121. The number of ether oxygens (including phenoxy) is 1. The molecule has 1 amide bonds. The molecular formula is C11H13NO3+. The molecule has 4 heteroatoms. The van der Waals surface area contributed by atoms with Gasteiger partial charge in [-0.1, -0.05) is 4.90 Å². The minimum Gasteiger partial charge on any atom is -0.504 e. The summed E-state index contributed by atoms with van der Waals surface area (Å²) < 4.78 is 4.94. The van der Waals surface area contributed by atoms with Crippen LogP contribution >= 0.6 is 0 Å². The summed E-state index contributed by atoms with van der Waals surface area (Å²) >= 11 is 0. The maximum atomic E-state index is 11.5. The van der Waals surface area contributed by atoms with E-state index in [1.54, 1.807) is 23.1 Å². The number of rotatable bonds is 2. The summed E-state index contributed by atoms with van der Waals surface area (Å²) in [6.45, 7) is 0.727. The Kier molecular flexibility index (Phi) is 2.60. The van der Waals surface area contributed by atoms with Gasteiger partial charge in [-0.25, -0.2) is 4.79 Å². The van der Waals surface area contributed by atoms with Crippen molar-refractivity contribution < 1.29 is 14.6 Å². The van der Waals surface area contributed by atoms with Crippen LogP contribution in [0.2, 0.25) is 0 Å². The predicted molar refractivity (Wildman–Crippen MR) is 55.6 cm³/mol. The van der Waals surface area contributed by atoms with Crippen molar-refractivity contribution in [2.75, 3.05) is 13.7 Å². The molecule has 0 bridgehead atoms. The SMILES string of the molecule is COc1ccc([N+]2CCCC2=O)cc1O. The molecule has 0 spiro atoms. The van der Waals surface area contributed by atoms with Crippen molar-refractivity contribution in [3.8, 4) is 11.5 Å². The molecule has 15 heavy (non-hydrogen) atoms. The van der Waals surface area contributed by atoms with Crippen molar-refractivity contribution in [1.82, 2.24) is 4.90 Å².